The molecule has 0 amide bonds. The van der Waals surface area contributed by atoms with E-state index >= 15 is 0 Å². The Labute approximate surface area is 206 Å². The summed E-state index contributed by atoms with van der Waals surface area (Å²) in [5.41, 5.74) is 3.02. The lowest BCUT2D eigenvalue weighted by atomic mass is 9.65. The molecule has 0 spiro atoms. The molecule has 1 unspecified atom stereocenters. The lowest BCUT2D eigenvalue weighted by Crippen LogP contribution is -2.40. The van der Waals surface area contributed by atoms with Crippen LogP contribution in [-0.2, 0) is 23.2 Å². The Hall–Kier alpha value is -4.05. The summed E-state index contributed by atoms with van der Waals surface area (Å²) in [6.45, 7) is 2.40. The monoisotopic (exact) mass is 466 g/mol. The number of methoxy groups -OCH3 is 1. The number of benzene rings is 4. The van der Waals surface area contributed by atoms with E-state index < -0.39 is 17.3 Å². The van der Waals surface area contributed by atoms with Gasteiger partial charge in [-0.3, -0.25) is 4.79 Å². The number of carbonyl (C=O) groups is 1. The Morgan fingerprint density at radius 2 is 1.37 bits per heavy atom. The summed E-state index contributed by atoms with van der Waals surface area (Å²) in [4.78, 5) is 12.8. The largest absolute Gasteiger partial charge is 0.497 e. The van der Waals surface area contributed by atoms with Gasteiger partial charge in [0.2, 0.25) is 0 Å². The molecule has 0 radical (unpaired) electrons. The zero-order valence-corrected chi connectivity index (χ0v) is 20.1. The summed E-state index contributed by atoms with van der Waals surface area (Å²) in [6.07, 6.45) is 0.295. The minimum absolute atomic E-state index is 0.295. The number of rotatable bonds is 10. The number of carboxylic acids is 1. The summed E-state index contributed by atoms with van der Waals surface area (Å²) < 4.78 is 11.6. The Morgan fingerprint density at radius 3 is 1.89 bits per heavy atom. The Morgan fingerprint density at radius 1 is 0.829 bits per heavy atom. The van der Waals surface area contributed by atoms with E-state index in [0.717, 1.165) is 22.3 Å². The molecule has 0 bridgehead atoms. The van der Waals surface area contributed by atoms with Crippen LogP contribution in [0.2, 0.25) is 0 Å². The molecule has 1 atom stereocenters. The van der Waals surface area contributed by atoms with Gasteiger partial charge in [0, 0.05) is 11.5 Å². The van der Waals surface area contributed by atoms with Crippen LogP contribution in [0.5, 0.6) is 11.5 Å². The first-order valence-corrected chi connectivity index (χ1v) is 11.7. The quantitative estimate of drug-likeness (QED) is 0.289. The molecular weight excluding hydrogens is 436 g/mol. The fraction of sp³-hybridized carbons (Fsp3) is 0.194. The topological polar surface area (TPSA) is 55.8 Å². The van der Waals surface area contributed by atoms with Gasteiger partial charge < -0.3 is 14.6 Å². The standard InChI is InChI=1S/C31H30O4/c1-31(25-14-8-4-9-15-25,26-16-10-5-11-17-26)28(30(32)33)20-24-18-19-27(34-2)21-29(24)35-22-23-12-6-3-7-13-23/h3-19,21,28H,20,22H2,1-2H3,(H,32,33). The SMILES string of the molecule is COc1ccc(CC(C(=O)O)C(C)(c2ccccc2)c2ccccc2)c(OCc2ccccc2)c1. The van der Waals surface area contributed by atoms with Crippen LogP contribution in [0.4, 0.5) is 0 Å². The molecule has 4 nitrogen and oxygen atoms in total. The van der Waals surface area contributed by atoms with Gasteiger partial charge in [0.1, 0.15) is 18.1 Å². The zero-order chi connectivity index (χ0) is 24.7. The van der Waals surface area contributed by atoms with E-state index in [0.29, 0.717) is 24.5 Å². The molecule has 4 rings (SSSR count). The van der Waals surface area contributed by atoms with Gasteiger partial charge in [0.15, 0.2) is 0 Å². The van der Waals surface area contributed by atoms with E-state index in [4.69, 9.17) is 9.47 Å². The van der Waals surface area contributed by atoms with Crippen LogP contribution in [-0.4, -0.2) is 18.2 Å². The van der Waals surface area contributed by atoms with Crippen molar-refractivity contribution < 1.29 is 19.4 Å². The van der Waals surface area contributed by atoms with Crippen LogP contribution < -0.4 is 9.47 Å². The second-order valence-electron chi connectivity index (χ2n) is 8.78. The fourth-order valence-corrected chi connectivity index (χ4v) is 4.60. The van der Waals surface area contributed by atoms with Crippen LogP contribution >= 0.6 is 0 Å². The summed E-state index contributed by atoms with van der Waals surface area (Å²) in [5, 5.41) is 10.5. The molecule has 0 fully saturated rings. The molecule has 0 saturated heterocycles. The van der Waals surface area contributed by atoms with Crippen LogP contribution in [0.15, 0.2) is 109 Å². The van der Waals surface area contributed by atoms with Crippen LogP contribution in [0.25, 0.3) is 0 Å². The summed E-state index contributed by atoms with van der Waals surface area (Å²) in [6, 6.07) is 35.2. The first-order chi connectivity index (χ1) is 17.0. The molecule has 178 valence electrons. The number of hydrogen-bond acceptors (Lipinski definition) is 3. The normalized spacial score (nSPS) is 12.1. The highest BCUT2D eigenvalue weighted by Gasteiger charge is 2.42. The van der Waals surface area contributed by atoms with Crippen LogP contribution in [0.1, 0.15) is 29.2 Å². The number of carboxylic acid groups (broad SMARTS) is 1. The van der Waals surface area contributed by atoms with Gasteiger partial charge >= 0.3 is 5.97 Å². The van der Waals surface area contributed by atoms with Gasteiger partial charge in [0.25, 0.3) is 0 Å². The molecular formula is C31H30O4. The predicted molar refractivity (Wildman–Crippen MR) is 138 cm³/mol. The third kappa shape index (κ3) is 5.38. The Balaban J connectivity index is 1.75. The third-order valence-corrected chi connectivity index (χ3v) is 6.68. The number of hydrogen-bond donors (Lipinski definition) is 1. The maximum Gasteiger partial charge on any atom is 0.308 e. The first kappa shape index (κ1) is 24.1. The smallest absolute Gasteiger partial charge is 0.308 e. The fourth-order valence-electron chi connectivity index (χ4n) is 4.60. The van der Waals surface area contributed by atoms with Gasteiger partial charge in [0.05, 0.1) is 13.0 Å². The van der Waals surface area contributed by atoms with Crippen molar-refractivity contribution in [1.29, 1.82) is 0 Å². The number of ether oxygens (including phenoxy) is 2. The molecule has 0 heterocycles. The molecule has 0 aliphatic carbocycles. The van der Waals surface area contributed by atoms with Crippen molar-refractivity contribution >= 4 is 5.97 Å². The zero-order valence-electron chi connectivity index (χ0n) is 20.1. The maximum atomic E-state index is 12.8. The molecule has 35 heavy (non-hydrogen) atoms. The molecule has 0 saturated carbocycles. The third-order valence-electron chi connectivity index (χ3n) is 6.68. The van der Waals surface area contributed by atoms with Crippen molar-refractivity contribution in [3.63, 3.8) is 0 Å². The van der Waals surface area contributed by atoms with Crippen molar-refractivity contribution in [3.8, 4) is 11.5 Å². The second kappa shape index (κ2) is 10.9. The van der Waals surface area contributed by atoms with Crippen molar-refractivity contribution in [2.75, 3.05) is 7.11 Å². The summed E-state index contributed by atoms with van der Waals surface area (Å²) >= 11 is 0. The van der Waals surface area contributed by atoms with E-state index in [1.54, 1.807) is 7.11 Å². The predicted octanol–water partition coefficient (Wildman–Crippen LogP) is 6.52. The highest BCUT2D eigenvalue weighted by atomic mass is 16.5. The maximum absolute atomic E-state index is 12.8. The average Bonchev–Trinajstić information content (AvgIpc) is 2.91. The molecule has 0 aromatic heterocycles. The molecule has 0 aliphatic rings. The molecule has 4 aromatic carbocycles. The van der Waals surface area contributed by atoms with Gasteiger partial charge in [-0.1, -0.05) is 104 Å². The average molecular weight is 467 g/mol. The molecule has 0 aliphatic heterocycles. The van der Waals surface area contributed by atoms with Crippen LogP contribution in [0, 0.1) is 5.92 Å². The number of aliphatic carboxylic acids is 1. The first-order valence-electron chi connectivity index (χ1n) is 11.7. The highest BCUT2D eigenvalue weighted by molar-refractivity contribution is 5.74. The van der Waals surface area contributed by atoms with Crippen molar-refractivity contribution in [2.45, 2.75) is 25.4 Å². The molecule has 4 heteroatoms. The summed E-state index contributed by atoms with van der Waals surface area (Å²) in [5.74, 6) is -0.301. The van der Waals surface area contributed by atoms with Gasteiger partial charge in [-0.05, 0) is 34.7 Å². The Kier molecular flexibility index (Phi) is 7.51. The Bertz CT molecular complexity index is 1200. The minimum atomic E-state index is -0.856. The van der Waals surface area contributed by atoms with E-state index in [1.807, 2.05) is 116 Å². The van der Waals surface area contributed by atoms with Gasteiger partial charge in [-0.25, -0.2) is 0 Å². The minimum Gasteiger partial charge on any atom is -0.497 e. The van der Waals surface area contributed by atoms with Crippen molar-refractivity contribution in [2.24, 2.45) is 5.92 Å². The second-order valence-corrected chi connectivity index (χ2v) is 8.78. The lowest BCUT2D eigenvalue weighted by Gasteiger charge is -2.37. The molecule has 1 N–H and O–H groups in total. The van der Waals surface area contributed by atoms with E-state index in [-0.39, 0.29) is 0 Å². The van der Waals surface area contributed by atoms with E-state index in [9.17, 15) is 9.90 Å². The van der Waals surface area contributed by atoms with Crippen molar-refractivity contribution in [1.82, 2.24) is 0 Å². The van der Waals surface area contributed by atoms with E-state index in [2.05, 4.69) is 0 Å². The van der Waals surface area contributed by atoms with Gasteiger partial charge in [-0.15, -0.1) is 0 Å². The molecule has 4 aromatic rings. The van der Waals surface area contributed by atoms with Gasteiger partial charge in [-0.2, -0.15) is 0 Å². The lowest BCUT2D eigenvalue weighted by molar-refractivity contribution is -0.143. The van der Waals surface area contributed by atoms with Crippen molar-refractivity contribution in [3.05, 3.63) is 131 Å². The van der Waals surface area contributed by atoms with E-state index in [1.165, 1.54) is 0 Å². The highest BCUT2D eigenvalue weighted by Crippen LogP contribution is 2.42. The summed E-state index contributed by atoms with van der Waals surface area (Å²) in [7, 11) is 1.61. The van der Waals surface area contributed by atoms with Crippen LogP contribution in [0.3, 0.4) is 0 Å².